The summed E-state index contributed by atoms with van der Waals surface area (Å²) in [6.45, 7) is 4.41. The van der Waals surface area contributed by atoms with Gasteiger partial charge in [-0.05, 0) is 24.2 Å². The molecule has 2 saturated carbocycles. The average Bonchev–Trinajstić information content (AvgIpc) is 2.58. The van der Waals surface area contributed by atoms with E-state index in [-0.39, 0.29) is 30.1 Å². The fourth-order valence-corrected chi connectivity index (χ4v) is 3.33. The van der Waals surface area contributed by atoms with E-state index in [1.54, 1.807) is 0 Å². The number of carbonyl (C=O) groups excluding carboxylic acids is 1. The summed E-state index contributed by atoms with van der Waals surface area (Å²) in [5.74, 6) is 0.714. The van der Waals surface area contributed by atoms with Crippen LogP contribution in [0.5, 0.6) is 0 Å². The Bertz CT molecular complexity index is 293. The van der Waals surface area contributed by atoms with Crippen LogP contribution < -0.4 is 0 Å². The topological polar surface area (TPSA) is 65.0 Å². The number of rotatable bonds is 5. The Kier molecular flexibility index (Phi) is 3.29. The zero-order valence-electron chi connectivity index (χ0n) is 9.39. The summed E-state index contributed by atoms with van der Waals surface area (Å²) >= 11 is 0.0696. The van der Waals surface area contributed by atoms with Crippen molar-refractivity contribution in [1.29, 1.82) is 0 Å². The zero-order chi connectivity index (χ0) is 11.8. The summed E-state index contributed by atoms with van der Waals surface area (Å²) in [6, 6.07) is 0. The first-order valence-corrected chi connectivity index (χ1v) is 6.04. The van der Waals surface area contributed by atoms with E-state index in [9.17, 15) is 4.79 Å². The molecule has 2 aliphatic carbocycles. The summed E-state index contributed by atoms with van der Waals surface area (Å²) in [7, 11) is 0. The molecule has 0 heterocycles. The van der Waals surface area contributed by atoms with Gasteiger partial charge in [0.05, 0.1) is 12.0 Å². The molecular formula is C10H16O5S. The fourth-order valence-electron chi connectivity index (χ4n) is 3.26. The van der Waals surface area contributed by atoms with E-state index in [2.05, 4.69) is 23.2 Å². The van der Waals surface area contributed by atoms with E-state index in [1.165, 1.54) is 0 Å². The monoisotopic (exact) mass is 248 g/mol. The van der Waals surface area contributed by atoms with Crippen LogP contribution >= 0.6 is 12.3 Å². The van der Waals surface area contributed by atoms with Gasteiger partial charge in [-0.25, -0.2) is 4.89 Å². The molecule has 16 heavy (non-hydrogen) atoms. The Morgan fingerprint density at radius 3 is 2.81 bits per heavy atom. The van der Waals surface area contributed by atoms with Crippen molar-refractivity contribution in [2.45, 2.75) is 33.1 Å². The lowest BCUT2D eigenvalue weighted by Gasteiger charge is -2.35. The molecule has 1 N–H and O–H groups in total. The summed E-state index contributed by atoms with van der Waals surface area (Å²) < 4.78 is 12.4. The highest BCUT2D eigenvalue weighted by atomic mass is 32.2. The van der Waals surface area contributed by atoms with Crippen molar-refractivity contribution in [3.8, 4) is 0 Å². The SMILES string of the molecule is CC1(C)C2CCC1(COOOSO)C(=O)C2. The van der Waals surface area contributed by atoms with Crippen LogP contribution in [0.4, 0.5) is 0 Å². The predicted octanol–water partition coefficient (Wildman–Crippen LogP) is 2.38. The molecule has 6 heteroatoms. The predicted molar refractivity (Wildman–Crippen MR) is 56.9 cm³/mol. The highest BCUT2D eigenvalue weighted by molar-refractivity contribution is 7.88. The van der Waals surface area contributed by atoms with Gasteiger partial charge >= 0.3 is 0 Å². The fraction of sp³-hybridized carbons (Fsp3) is 0.900. The van der Waals surface area contributed by atoms with E-state index in [0.717, 1.165) is 12.8 Å². The number of carbonyl (C=O) groups is 1. The van der Waals surface area contributed by atoms with E-state index < -0.39 is 5.41 Å². The van der Waals surface area contributed by atoms with Gasteiger partial charge in [0, 0.05) is 6.42 Å². The molecule has 2 bridgehead atoms. The Morgan fingerprint density at radius 2 is 2.31 bits per heavy atom. The van der Waals surface area contributed by atoms with Crippen LogP contribution in [0.1, 0.15) is 33.1 Å². The Morgan fingerprint density at radius 1 is 1.56 bits per heavy atom. The van der Waals surface area contributed by atoms with Crippen LogP contribution in [-0.2, 0) is 19.1 Å². The molecular weight excluding hydrogens is 232 g/mol. The molecule has 2 atom stereocenters. The molecule has 2 fully saturated rings. The molecule has 5 nitrogen and oxygen atoms in total. The second kappa shape index (κ2) is 4.27. The van der Waals surface area contributed by atoms with E-state index in [0.29, 0.717) is 12.3 Å². The Balaban J connectivity index is 2.01. The molecule has 2 rings (SSSR count). The zero-order valence-corrected chi connectivity index (χ0v) is 10.2. The molecule has 0 radical (unpaired) electrons. The lowest BCUT2D eigenvalue weighted by molar-refractivity contribution is -0.468. The molecule has 0 aliphatic heterocycles. The van der Waals surface area contributed by atoms with E-state index in [1.807, 2.05) is 0 Å². The highest BCUT2D eigenvalue weighted by Gasteiger charge is 2.64. The van der Waals surface area contributed by atoms with Crippen molar-refractivity contribution in [3.05, 3.63) is 0 Å². The molecule has 2 unspecified atom stereocenters. The Hall–Kier alpha value is -0.140. The summed E-state index contributed by atoms with van der Waals surface area (Å²) in [4.78, 5) is 16.9. The minimum Gasteiger partial charge on any atom is -0.305 e. The van der Waals surface area contributed by atoms with Gasteiger partial charge in [0.2, 0.25) is 0 Å². The van der Waals surface area contributed by atoms with Gasteiger partial charge in [-0.15, -0.1) is 4.33 Å². The van der Waals surface area contributed by atoms with Crippen LogP contribution in [0.3, 0.4) is 0 Å². The number of ketones is 1. The number of fused-ring (bicyclic) bond motifs is 2. The van der Waals surface area contributed by atoms with Crippen LogP contribution in [-0.4, -0.2) is 16.9 Å². The molecule has 0 aromatic heterocycles. The molecule has 0 aromatic carbocycles. The third-order valence-corrected chi connectivity index (χ3v) is 4.67. The van der Waals surface area contributed by atoms with Crippen LogP contribution in [0.15, 0.2) is 0 Å². The lowest BCUT2D eigenvalue weighted by atomic mass is 9.69. The molecule has 92 valence electrons. The smallest absolute Gasteiger partial charge is 0.194 e. The van der Waals surface area contributed by atoms with Gasteiger partial charge < -0.3 is 4.55 Å². The minimum atomic E-state index is -0.443. The van der Waals surface area contributed by atoms with Gasteiger partial charge in [-0.2, -0.15) is 0 Å². The molecule has 2 aliphatic rings. The average molecular weight is 248 g/mol. The standard InChI is InChI=1S/C10H16O5S/c1-9(2)7-3-4-10(9,8(11)5-7)6-13-14-15-16-12/h7,12H,3-6H2,1-2H3. The second-order valence-corrected chi connectivity index (χ2v) is 5.42. The van der Waals surface area contributed by atoms with Gasteiger partial charge in [-0.3, -0.25) is 4.79 Å². The largest absolute Gasteiger partial charge is 0.305 e. The lowest BCUT2D eigenvalue weighted by Crippen LogP contribution is -2.40. The normalized spacial score (nSPS) is 35.9. The second-order valence-electron chi connectivity index (χ2n) is 5.14. The van der Waals surface area contributed by atoms with E-state index in [4.69, 9.17) is 9.44 Å². The summed E-state index contributed by atoms with van der Waals surface area (Å²) in [5, 5.41) is 4.29. The van der Waals surface area contributed by atoms with Crippen molar-refractivity contribution in [3.63, 3.8) is 0 Å². The molecule has 0 aromatic rings. The maximum Gasteiger partial charge on any atom is 0.194 e. The van der Waals surface area contributed by atoms with Gasteiger partial charge in [-0.1, -0.05) is 18.9 Å². The van der Waals surface area contributed by atoms with Gasteiger partial charge in [0.15, 0.2) is 12.3 Å². The van der Waals surface area contributed by atoms with Crippen molar-refractivity contribution >= 4 is 18.1 Å². The Labute approximate surface area is 98.7 Å². The summed E-state index contributed by atoms with van der Waals surface area (Å²) in [6.07, 6.45) is 2.56. The number of hydrogen-bond donors (Lipinski definition) is 1. The van der Waals surface area contributed by atoms with Crippen LogP contribution in [0.2, 0.25) is 0 Å². The first-order valence-electron chi connectivity index (χ1n) is 5.34. The number of hydrogen-bond acceptors (Lipinski definition) is 6. The van der Waals surface area contributed by atoms with E-state index >= 15 is 0 Å². The maximum atomic E-state index is 12.0. The van der Waals surface area contributed by atoms with Gasteiger partial charge in [0.25, 0.3) is 0 Å². The number of Topliss-reactive ketones (excluding diaryl/α,β-unsaturated/α-hetero) is 1. The van der Waals surface area contributed by atoms with Crippen LogP contribution in [0.25, 0.3) is 0 Å². The maximum absolute atomic E-state index is 12.0. The molecule has 0 spiro atoms. The quantitative estimate of drug-likeness (QED) is 0.349. The highest BCUT2D eigenvalue weighted by Crippen LogP contribution is 2.63. The van der Waals surface area contributed by atoms with Crippen molar-refractivity contribution in [2.75, 3.05) is 6.61 Å². The van der Waals surface area contributed by atoms with Crippen molar-refractivity contribution in [2.24, 2.45) is 16.7 Å². The molecule has 0 amide bonds. The van der Waals surface area contributed by atoms with Crippen molar-refractivity contribution < 1.29 is 23.6 Å². The van der Waals surface area contributed by atoms with Gasteiger partial charge in [0.1, 0.15) is 5.78 Å². The molecule has 0 saturated heterocycles. The minimum absolute atomic E-state index is 0.0419. The first kappa shape index (κ1) is 12.3. The summed E-state index contributed by atoms with van der Waals surface area (Å²) in [5.41, 5.74) is -0.485. The third-order valence-electron chi connectivity index (χ3n) is 4.55. The third kappa shape index (κ3) is 1.60. The van der Waals surface area contributed by atoms with Crippen LogP contribution in [0, 0.1) is 16.7 Å². The van der Waals surface area contributed by atoms with Crippen molar-refractivity contribution in [1.82, 2.24) is 0 Å². The first-order chi connectivity index (χ1) is 7.54.